The second kappa shape index (κ2) is 5.18. The van der Waals surface area contributed by atoms with Crippen LogP contribution in [-0.4, -0.2) is 22.3 Å². The lowest BCUT2D eigenvalue weighted by Crippen LogP contribution is -2.32. The Morgan fingerprint density at radius 3 is 2.76 bits per heavy atom. The van der Waals surface area contributed by atoms with Gasteiger partial charge in [0.05, 0.1) is 19.3 Å². The number of nitrogens with zero attached hydrogens (tertiary/aromatic N) is 1. The zero-order valence-corrected chi connectivity index (χ0v) is 9.65. The van der Waals surface area contributed by atoms with Gasteiger partial charge in [-0.3, -0.25) is 14.3 Å². The van der Waals surface area contributed by atoms with Crippen LogP contribution < -0.4 is 17.0 Å². The Morgan fingerprint density at radius 2 is 2.12 bits per heavy atom. The van der Waals surface area contributed by atoms with E-state index in [-0.39, 0.29) is 5.82 Å². The van der Waals surface area contributed by atoms with Gasteiger partial charge in [0, 0.05) is 6.07 Å². The molecule has 6 heteroatoms. The topological polar surface area (TPSA) is 90.1 Å². The van der Waals surface area contributed by atoms with Crippen LogP contribution in [0.2, 0.25) is 0 Å². The molecule has 1 saturated carbocycles. The number of aromatic nitrogens is 2. The molecule has 1 aliphatic carbocycles. The molecular formula is C11H17N3O3. The van der Waals surface area contributed by atoms with Crippen molar-refractivity contribution in [1.29, 1.82) is 0 Å². The molecule has 0 saturated heterocycles. The minimum atomic E-state index is -0.481. The number of aromatic amines is 1. The van der Waals surface area contributed by atoms with E-state index in [9.17, 15) is 9.59 Å². The van der Waals surface area contributed by atoms with Crippen LogP contribution in [0.25, 0.3) is 0 Å². The normalized spacial score (nSPS) is 16.5. The van der Waals surface area contributed by atoms with Crippen molar-refractivity contribution < 1.29 is 4.74 Å². The molecular weight excluding hydrogens is 222 g/mol. The first kappa shape index (κ1) is 11.9. The largest absolute Gasteiger partial charge is 0.385 e. The smallest absolute Gasteiger partial charge is 0.329 e. The molecule has 0 aliphatic heterocycles. The van der Waals surface area contributed by atoms with Crippen LogP contribution in [-0.2, 0) is 11.3 Å². The minimum absolute atomic E-state index is 0.175. The van der Waals surface area contributed by atoms with Gasteiger partial charge in [-0.1, -0.05) is 12.8 Å². The van der Waals surface area contributed by atoms with E-state index in [1.54, 1.807) is 0 Å². The summed E-state index contributed by atoms with van der Waals surface area (Å²) in [6.07, 6.45) is 4.93. The van der Waals surface area contributed by atoms with Crippen molar-refractivity contribution in [2.75, 3.05) is 12.3 Å². The maximum atomic E-state index is 11.5. The summed E-state index contributed by atoms with van der Waals surface area (Å²) in [6, 6.07) is 1.21. The van der Waals surface area contributed by atoms with Crippen LogP contribution >= 0.6 is 0 Å². The quantitative estimate of drug-likeness (QED) is 0.778. The first-order valence-electron chi connectivity index (χ1n) is 5.88. The average Bonchev–Trinajstić information content (AvgIpc) is 2.74. The van der Waals surface area contributed by atoms with E-state index in [0.29, 0.717) is 19.3 Å². The number of hydrogen-bond acceptors (Lipinski definition) is 4. The van der Waals surface area contributed by atoms with Gasteiger partial charge in [0.25, 0.3) is 5.56 Å². The van der Waals surface area contributed by atoms with Crippen molar-refractivity contribution >= 4 is 5.82 Å². The summed E-state index contributed by atoms with van der Waals surface area (Å²) >= 11 is 0. The molecule has 6 nitrogen and oxygen atoms in total. The molecule has 1 heterocycles. The van der Waals surface area contributed by atoms with E-state index < -0.39 is 11.2 Å². The Morgan fingerprint density at radius 1 is 1.41 bits per heavy atom. The molecule has 1 aromatic rings. The Kier molecular flexibility index (Phi) is 3.63. The number of nitrogens with two attached hydrogens (primary N) is 1. The first-order valence-corrected chi connectivity index (χ1v) is 5.88. The van der Waals surface area contributed by atoms with Crippen molar-refractivity contribution in [3.63, 3.8) is 0 Å². The lowest BCUT2D eigenvalue weighted by molar-refractivity contribution is 0.0526. The van der Waals surface area contributed by atoms with Crippen LogP contribution in [0.5, 0.6) is 0 Å². The molecule has 0 atom stereocenters. The molecule has 0 unspecified atom stereocenters. The second-order valence-corrected chi connectivity index (χ2v) is 4.29. The van der Waals surface area contributed by atoms with E-state index in [1.807, 2.05) is 0 Å². The SMILES string of the molecule is Nc1cc(=O)[nH]c(=O)n1CCOC1CCCC1. The standard InChI is InChI=1S/C11H17N3O3/c12-9-7-10(15)13-11(16)14(9)5-6-17-8-3-1-2-4-8/h7-8H,1-6,12H2,(H,13,15,16). The molecule has 0 bridgehead atoms. The molecule has 0 amide bonds. The highest BCUT2D eigenvalue weighted by molar-refractivity contribution is 5.25. The zero-order chi connectivity index (χ0) is 12.3. The summed E-state index contributed by atoms with van der Waals surface area (Å²) in [7, 11) is 0. The van der Waals surface area contributed by atoms with Gasteiger partial charge in [-0.2, -0.15) is 0 Å². The van der Waals surface area contributed by atoms with Gasteiger partial charge in [0.15, 0.2) is 0 Å². The maximum absolute atomic E-state index is 11.5. The Bertz CT molecular complexity index is 485. The molecule has 0 aromatic carbocycles. The third-order valence-electron chi connectivity index (χ3n) is 3.04. The molecule has 0 spiro atoms. The van der Waals surface area contributed by atoms with Gasteiger partial charge in [0.1, 0.15) is 5.82 Å². The number of anilines is 1. The maximum Gasteiger partial charge on any atom is 0.329 e. The van der Waals surface area contributed by atoms with Gasteiger partial charge < -0.3 is 10.5 Å². The predicted octanol–water partition coefficient (Wildman–Crippen LogP) is 0.0780. The van der Waals surface area contributed by atoms with E-state index in [4.69, 9.17) is 10.5 Å². The molecule has 0 radical (unpaired) electrons. The summed E-state index contributed by atoms with van der Waals surface area (Å²) in [5, 5.41) is 0. The van der Waals surface area contributed by atoms with Crippen molar-refractivity contribution in [1.82, 2.24) is 9.55 Å². The molecule has 1 aliphatic rings. The first-order chi connectivity index (χ1) is 8.16. The number of H-pyrrole nitrogens is 1. The van der Waals surface area contributed by atoms with Crippen LogP contribution in [0.3, 0.4) is 0 Å². The Balaban J connectivity index is 1.94. The minimum Gasteiger partial charge on any atom is -0.385 e. The zero-order valence-electron chi connectivity index (χ0n) is 9.65. The fourth-order valence-electron chi connectivity index (χ4n) is 2.13. The highest BCUT2D eigenvalue weighted by Gasteiger charge is 2.15. The van der Waals surface area contributed by atoms with Gasteiger partial charge in [-0.05, 0) is 12.8 Å². The van der Waals surface area contributed by atoms with E-state index in [1.165, 1.54) is 23.5 Å². The molecule has 17 heavy (non-hydrogen) atoms. The van der Waals surface area contributed by atoms with Gasteiger partial charge in [-0.15, -0.1) is 0 Å². The number of nitrogen functional groups attached to an aromatic ring is 1. The third kappa shape index (κ3) is 2.97. The van der Waals surface area contributed by atoms with Crippen LogP contribution in [0.4, 0.5) is 5.82 Å². The Labute approximate surface area is 98.4 Å². The van der Waals surface area contributed by atoms with E-state index in [2.05, 4.69) is 4.98 Å². The predicted molar refractivity (Wildman–Crippen MR) is 63.9 cm³/mol. The lowest BCUT2D eigenvalue weighted by Gasteiger charge is -2.12. The average molecular weight is 239 g/mol. The number of rotatable bonds is 4. The summed E-state index contributed by atoms with van der Waals surface area (Å²) < 4.78 is 6.96. The van der Waals surface area contributed by atoms with Crippen molar-refractivity contribution in [3.8, 4) is 0 Å². The highest BCUT2D eigenvalue weighted by Crippen LogP contribution is 2.20. The molecule has 94 valence electrons. The van der Waals surface area contributed by atoms with Gasteiger partial charge in [-0.25, -0.2) is 4.79 Å². The molecule has 3 N–H and O–H groups in total. The fourth-order valence-corrected chi connectivity index (χ4v) is 2.13. The summed E-state index contributed by atoms with van der Waals surface area (Å²) in [6.45, 7) is 0.818. The van der Waals surface area contributed by atoms with Crippen LogP contribution in [0, 0.1) is 0 Å². The van der Waals surface area contributed by atoms with Crippen LogP contribution in [0.15, 0.2) is 15.7 Å². The number of nitrogens with one attached hydrogen (secondary N) is 1. The lowest BCUT2D eigenvalue weighted by atomic mass is 10.3. The van der Waals surface area contributed by atoms with E-state index in [0.717, 1.165) is 12.8 Å². The monoisotopic (exact) mass is 239 g/mol. The fraction of sp³-hybridized carbons (Fsp3) is 0.636. The second-order valence-electron chi connectivity index (χ2n) is 4.29. The summed E-state index contributed by atoms with van der Waals surface area (Å²) in [5.74, 6) is 0.175. The van der Waals surface area contributed by atoms with Gasteiger partial charge in [0.2, 0.25) is 0 Å². The van der Waals surface area contributed by atoms with Crippen molar-refractivity contribution in [3.05, 3.63) is 26.9 Å². The van der Waals surface area contributed by atoms with Gasteiger partial charge >= 0.3 is 5.69 Å². The number of hydrogen-bond donors (Lipinski definition) is 2. The highest BCUT2D eigenvalue weighted by atomic mass is 16.5. The summed E-state index contributed by atoms with van der Waals surface area (Å²) in [5.41, 5.74) is 4.65. The Hall–Kier alpha value is -1.56. The van der Waals surface area contributed by atoms with E-state index >= 15 is 0 Å². The van der Waals surface area contributed by atoms with Crippen molar-refractivity contribution in [2.24, 2.45) is 0 Å². The molecule has 1 fully saturated rings. The summed E-state index contributed by atoms with van der Waals surface area (Å²) in [4.78, 5) is 24.6. The molecule has 1 aromatic heterocycles. The van der Waals surface area contributed by atoms with Crippen molar-refractivity contribution in [2.45, 2.75) is 38.3 Å². The van der Waals surface area contributed by atoms with Crippen LogP contribution in [0.1, 0.15) is 25.7 Å². The third-order valence-corrected chi connectivity index (χ3v) is 3.04. The number of ether oxygens (including phenoxy) is 1. The molecule has 2 rings (SSSR count).